The highest BCUT2D eigenvalue weighted by Crippen LogP contribution is 2.42. The van der Waals surface area contributed by atoms with Gasteiger partial charge in [-0.2, -0.15) is 0 Å². The van der Waals surface area contributed by atoms with E-state index in [9.17, 15) is 0 Å². The van der Waals surface area contributed by atoms with Gasteiger partial charge in [-0.25, -0.2) is 0 Å². The Kier molecular flexibility index (Phi) is 2.84. The Balaban J connectivity index is 1.37. The standard InChI is InChI=1S/C17H22N2/c1-2-4-16-15(3-1)14(11-19-16)7-8-18-17-10-12-5-6-13(17)9-12/h1-4,11-13,17-19H,5-10H2/p+1/t12-,13+,17-/m0/s1. The predicted molar refractivity (Wildman–Crippen MR) is 78.0 cm³/mol. The van der Waals surface area contributed by atoms with Gasteiger partial charge < -0.3 is 10.3 Å². The van der Waals surface area contributed by atoms with Gasteiger partial charge in [-0.05, 0) is 36.8 Å². The van der Waals surface area contributed by atoms with Gasteiger partial charge in [0.15, 0.2) is 0 Å². The molecule has 100 valence electrons. The van der Waals surface area contributed by atoms with Crippen molar-refractivity contribution in [2.24, 2.45) is 11.8 Å². The van der Waals surface area contributed by atoms with Gasteiger partial charge in [-0.3, -0.25) is 0 Å². The topological polar surface area (TPSA) is 32.4 Å². The molecule has 1 aromatic heterocycles. The maximum Gasteiger partial charge on any atom is 0.0890 e. The zero-order valence-electron chi connectivity index (χ0n) is 11.4. The molecule has 3 atom stereocenters. The van der Waals surface area contributed by atoms with E-state index in [1.807, 2.05) is 0 Å². The largest absolute Gasteiger partial charge is 0.361 e. The summed E-state index contributed by atoms with van der Waals surface area (Å²) < 4.78 is 0. The normalized spacial score (nSPS) is 29.4. The zero-order valence-corrected chi connectivity index (χ0v) is 11.4. The van der Waals surface area contributed by atoms with Crippen LogP contribution < -0.4 is 5.32 Å². The number of aromatic amines is 1. The number of aromatic nitrogens is 1. The van der Waals surface area contributed by atoms with E-state index in [1.54, 1.807) is 0 Å². The molecule has 0 saturated heterocycles. The van der Waals surface area contributed by atoms with Crippen molar-refractivity contribution in [3.8, 4) is 0 Å². The van der Waals surface area contributed by atoms with E-state index >= 15 is 0 Å². The first-order valence-corrected chi connectivity index (χ1v) is 7.78. The molecule has 1 aromatic carbocycles. The minimum atomic E-state index is 0.934. The molecule has 2 heteroatoms. The van der Waals surface area contributed by atoms with Crippen molar-refractivity contribution in [1.82, 2.24) is 4.98 Å². The first-order chi connectivity index (χ1) is 9.40. The van der Waals surface area contributed by atoms with E-state index in [0.29, 0.717) is 0 Å². The second kappa shape index (κ2) is 4.68. The number of hydrogen-bond donors (Lipinski definition) is 2. The van der Waals surface area contributed by atoms with Crippen molar-refractivity contribution in [2.75, 3.05) is 6.54 Å². The Hall–Kier alpha value is -1.28. The van der Waals surface area contributed by atoms with Gasteiger partial charge in [0.25, 0.3) is 0 Å². The summed E-state index contributed by atoms with van der Waals surface area (Å²) >= 11 is 0. The van der Waals surface area contributed by atoms with Crippen molar-refractivity contribution in [3.05, 3.63) is 36.0 Å². The first-order valence-electron chi connectivity index (χ1n) is 7.78. The molecule has 19 heavy (non-hydrogen) atoms. The molecule has 2 nitrogen and oxygen atoms in total. The third-order valence-electron chi connectivity index (χ3n) is 5.35. The smallest absolute Gasteiger partial charge is 0.0890 e. The van der Waals surface area contributed by atoms with Gasteiger partial charge in [-0.15, -0.1) is 0 Å². The molecule has 2 bridgehead atoms. The second-order valence-electron chi connectivity index (χ2n) is 6.47. The summed E-state index contributed by atoms with van der Waals surface area (Å²) in [7, 11) is 0. The van der Waals surface area contributed by atoms with Crippen molar-refractivity contribution < 1.29 is 5.32 Å². The predicted octanol–water partition coefficient (Wildman–Crippen LogP) is 2.46. The average molecular weight is 255 g/mol. The number of rotatable bonds is 4. The Labute approximate surface area is 114 Å². The van der Waals surface area contributed by atoms with Crippen LogP contribution in [-0.2, 0) is 6.42 Å². The minimum Gasteiger partial charge on any atom is -0.361 e. The molecule has 0 aliphatic heterocycles. The Morgan fingerprint density at radius 3 is 2.95 bits per heavy atom. The van der Waals surface area contributed by atoms with Crippen LogP contribution in [0.2, 0.25) is 0 Å². The van der Waals surface area contributed by atoms with Crippen molar-refractivity contribution >= 4 is 10.9 Å². The van der Waals surface area contributed by atoms with Crippen LogP contribution >= 0.6 is 0 Å². The van der Waals surface area contributed by atoms with Crippen LogP contribution in [0.3, 0.4) is 0 Å². The van der Waals surface area contributed by atoms with Crippen molar-refractivity contribution in [2.45, 2.75) is 38.1 Å². The van der Waals surface area contributed by atoms with Crippen molar-refractivity contribution in [1.29, 1.82) is 0 Å². The average Bonchev–Trinajstić information content (AvgIpc) is 3.14. The molecule has 2 saturated carbocycles. The zero-order chi connectivity index (χ0) is 12.7. The number of benzene rings is 1. The van der Waals surface area contributed by atoms with Gasteiger partial charge in [0.2, 0.25) is 0 Å². The van der Waals surface area contributed by atoms with E-state index < -0.39 is 0 Å². The molecule has 1 heterocycles. The summed E-state index contributed by atoms with van der Waals surface area (Å²) in [6.45, 7) is 1.25. The van der Waals surface area contributed by atoms with Gasteiger partial charge in [0.1, 0.15) is 0 Å². The number of H-pyrrole nitrogens is 1. The maximum absolute atomic E-state index is 3.38. The van der Waals surface area contributed by atoms with Crippen LogP contribution in [0.1, 0.15) is 31.2 Å². The van der Waals surface area contributed by atoms with Gasteiger partial charge >= 0.3 is 0 Å². The molecule has 2 fully saturated rings. The highest BCUT2D eigenvalue weighted by atomic mass is 14.9. The fraction of sp³-hybridized carbons (Fsp3) is 0.529. The van der Waals surface area contributed by atoms with Gasteiger partial charge in [-0.1, -0.05) is 18.2 Å². The molecule has 0 amide bonds. The minimum absolute atomic E-state index is 0.934. The summed E-state index contributed by atoms with van der Waals surface area (Å²) in [5.41, 5.74) is 2.76. The number of nitrogens with two attached hydrogens (primary N) is 1. The Morgan fingerprint density at radius 1 is 1.16 bits per heavy atom. The number of nitrogens with one attached hydrogen (secondary N) is 1. The van der Waals surface area contributed by atoms with Crippen LogP contribution in [0.25, 0.3) is 10.9 Å². The van der Waals surface area contributed by atoms with Gasteiger partial charge in [0, 0.05) is 35.9 Å². The molecule has 2 aliphatic carbocycles. The fourth-order valence-electron chi connectivity index (χ4n) is 4.37. The van der Waals surface area contributed by atoms with E-state index in [0.717, 1.165) is 17.9 Å². The van der Waals surface area contributed by atoms with Crippen LogP contribution in [0.15, 0.2) is 30.5 Å². The van der Waals surface area contributed by atoms with Crippen LogP contribution in [0.4, 0.5) is 0 Å². The summed E-state index contributed by atoms with van der Waals surface area (Å²) in [4.78, 5) is 3.38. The maximum atomic E-state index is 3.38. The monoisotopic (exact) mass is 255 g/mol. The Morgan fingerprint density at radius 2 is 2.11 bits per heavy atom. The third kappa shape index (κ3) is 2.08. The number of hydrogen-bond acceptors (Lipinski definition) is 0. The van der Waals surface area contributed by atoms with Crippen LogP contribution in [0, 0.1) is 11.8 Å². The van der Waals surface area contributed by atoms with E-state index in [4.69, 9.17) is 0 Å². The summed E-state index contributed by atoms with van der Waals surface area (Å²) in [5, 5.41) is 4.04. The first kappa shape index (κ1) is 11.5. The summed E-state index contributed by atoms with van der Waals surface area (Å²) in [6.07, 6.45) is 9.40. The summed E-state index contributed by atoms with van der Waals surface area (Å²) in [6, 6.07) is 9.57. The third-order valence-corrected chi connectivity index (χ3v) is 5.35. The molecular formula is C17H23N2+. The highest BCUT2D eigenvalue weighted by Gasteiger charge is 2.41. The van der Waals surface area contributed by atoms with Crippen LogP contribution in [0.5, 0.6) is 0 Å². The lowest BCUT2D eigenvalue weighted by molar-refractivity contribution is -0.694. The fourth-order valence-corrected chi connectivity index (χ4v) is 4.37. The van der Waals surface area contributed by atoms with Crippen molar-refractivity contribution in [3.63, 3.8) is 0 Å². The molecule has 0 radical (unpaired) electrons. The van der Waals surface area contributed by atoms with Gasteiger partial charge in [0.05, 0.1) is 12.6 Å². The molecule has 0 unspecified atom stereocenters. The van der Waals surface area contributed by atoms with Crippen LogP contribution in [-0.4, -0.2) is 17.6 Å². The molecule has 2 aliphatic rings. The molecule has 2 aromatic rings. The van der Waals surface area contributed by atoms with E-state index in [1.165, 1.54) is 55.1 Å². The highest BCUT2D eigenvalue weighted by molar-refractivity contribution is 5.82. The number of quaternary nitrogens is 1. The second-order valence-corrected chi connectivity index (χ2v) is 6.47. The quantitative estimate of drug-likeness (QED) is 0.841. The lowest BCUT2D eigenvalue weighted by Gasteiger charge is -2.19. The number of fused-ring (bicyclic) bond motifs is 3. The molecule has 4 rings (SSSR count). The summed E-state index contributed by atoms with van der Waals surface area (Å²) in [5.74, 6) is 2.10. The Bertz CT molecular complexity index is 571. The SMILES string of the molecule is c1ccc2c(CC[NH2+][C@H]3C[C@H]4CC[C@@H]3C4)c[nH]c2c1. The molecule has 0 spiro atoms. The molecule has 3 N–H and O–H groups in total. The molecular weight excluding hydrogens is 232 g/mol. The van der Waals surface area contributed by atoms with E-state index in [2.05, 4.69) is 40.8 Å². The number of para-hydroxylation sites is 1. The lowest BCUT2D eigenvalue weighted by Crippen LogP contribution is -2.91. The van der Waals surface area contributed by atoms with E-state index in [-0.39, 0.29) is 0 Å². The lowest BCUT2D eigenvalue weighted by atomic mass is 9.95.